The van der Waals surface area contributed by atoms with Gasteiger partial charge in [-0.05, 0) is 36.3 Å². The molecule has 0 aliphatic heterocycles. The molecule has 0 unspecified atom stereocenters. The monoisotopic (exact) mass is 273 g/mol. The van der Waals surface area contributed by atoms with Gasteiger partial charge in [0.25, 0.3) is 0 Å². The van der Waals surface area contributed by atoms with Gasteiger partial charge < -0.3 is 4.74 Å². The molecule has 0 N–H and O–H groups in total. The van der Waals surface area contributed by atoms with Crippen LogP contribution in [0.3, 0.4) is 0 Å². The summed E-state index contributed by atoms with van der Waals surface area (Å²) in [6, 6.07) is 9.70. The van der Waals surface area contributed by atoms with Gasteiger partial charge in [-0.25, -0.2) is 0 Å². The van der Waals surface area contributed by atoms with E-state index in [2.05, 4.69) is 10.0 Å². The number of benzene rings is 1. The van der Waals surface area contributed by atoms with Crippen LogP contribution < -0.4 is 0 Å². The van der Waals surface area contributed by atoms with Crippen LogP contribution in [0.4, 0.5) is 0 Å². The summed E-state index contributed by atoms with van der Waals surface area (Å²) >= 11 is 0. The summed E-state index contributed by atoms with van der Waals surface area (Å²) in [5.74, 6) is 0.114. The predicted molar refractivity (Wildman–Crippen MR) is 75.7 cm³/mol. The maximum Gasteiger partial charge on any atom is 0.306 e. The Hall–Kier alpha value is -2.00. The van der Waals surface area contributed by atoms with E-state index in [0.717, 1.165) is 31.2 Å². The van der Waals surface area contributed by atoms with Gasteiger partial charge in [-0.1, -0.05) is 41.9 Å². The maximum atomic E-state index is 11.8. The molecule has 0 bridgehead atoms. The Morgan fingerprint density at radius 1 is 1.35 bits per heavy atom. The van der Waals surface area contributed by atoms with E-state index in [1.54, 1.807) is 0 Å². The van der Waals surface area contributed by atoms with E-state index in [-0.39, 0.29) is 17.9 Å². The first-order chi connectivity index (χ1) is 9.78. The highest BCUT2D eigenvalue weighted by Crippen LogP contribution is 2.29. The van der Waals surface area contributed by atoms with Crippen LogP contribution in [0.5, 0.6) is 0 Å². The van der Waals surface area contributed by atoms with E-state index >= 15 is 0 Å². The lowest BCUT2D eigenvalue weighted by Crippen LogP contribution is -2.21. The highest BCUT2D eigenvalue weighted by atomic mass is 16.5. The molecule has 5 heteroatoms. The number of esters is 1. The fourth-order valence-corrected chi connectivity index (χ4v) is 2.66. The second-order valence-electron chi connectivity index (χ2n) is 5.24. The first kappa shape index (κ1) is 14.4. The maximum absolute atomic E-state index is 11.8. The zero-order valence-corrected chi connectivity index (χ0v) is 11.4. The molecular weight excluding hydrogens is 254 g/mol. The second-order valence-corrected chi connectivity index (χ2v) is 5.24. The van der Waals surface area contributed by atoms with Gasteiger partial charge in [0.15, 0.2) is 0 Å². The minimum atomic E-state index is -0.166. The first-order valence-corrected chi connectivity index (χ1v) is 7.01. The molecule has 2 rings (SSSR count). The Kier molecular flexibility index (Phi) is 5.44. The number of nitrogens with zero attached hydrogens (tertiary/aromatic N) is 3. The van der Waals surface area contributed by atoms with Crippen molar-refractivity contribution in [3.05, 3.63) is 46.3 Å². The number of hydrogen-bond donors (Lipinski definition) is 0. The smallest absolute Gasteiger partial charge is 0.306 e. The summed E-state index contributed by atoms with van der Waals surface area (Å²) in [5.41, 5.74) is 9.46. The molecule has 20 heavy (non-hydrogen) atoms. The van der Waals surface area contributed by atoms with Crippen LogP contribution in [0.15, 0.2) is 35.4 Å². The number of carbonyl (C=O) groups is 1. The summed E-state index contributed by atoms with van der Waals surface area (Å²) in [4.78, 5) is 14.7. The molecular formula is C15H19N3O2. The largest absolute Gasteiger partial charge is 0.461 e. The van der Waals surface area contributed by atoms with Gasteiger partial charge in [-0.15, -0.1) is 0 Å². The second kappa shape index (κ2) is 7.56. The highest BCUT2D eigenvalue weighted by molar-refractivity contribution is 5.69. The fraction of sp³-hybridized carbons (Fsp3) is 0.533. The van der Waals surface area contributed by atoms with Crippen molar-refractivity contribution < 1.29 is 9.53 Å². The third-order valence-electron chi connectivity index (χ3n) is 3.67. The Morgan fingerprint density at radius 3 is 2.90 bits per heavy atom. The van der Waals surface area contributed by atoms with E-state index in [4.69, 9.17) is 10.3 Å². The van der Waals surface area contributed by atoms with Crippen LogP contribution in [0.25, 0.3) is 10.4 Å². The lowest BCUT2D eigenvalue weighted by molar-refractivity contribution is -0.146. The van der Waals surface area contributed by atoms with Crippen LogP contribution in [0.1, 0.15) is 37.7 Å². The zero-order chi connectivity index (χ0) is 14.2. The third-order valence-corrected chi connectivity index (χ3v) is 3.67. The SMILES string of the molecule is [N-]=[N+]=N[C@H]1CCC[C@@H](CC(=O)OCc2ccccc2)C1. The van der Waals surface area contributed by atoms with Crippen LogP contribution in [-0.4, -0.2) is 12.0 Å². The van der Waals surface area contributed by atoms with Gasteiger partial charge in [0, 0.05) is 17.4 Å². The minimum Gasteiger partial charge on any atom is -0.461 e. The number of hydrogen-bond acceptors (Lipinski definition) is 3. The van der Waals surface area contributed by atoms with Crippen LogP contribution in [0.2, 0.25) is 0 Å². The molecule has 1 aromatic carbocycles. The topological polar surface area (TPSA) is 75.1 Å². The van der Waals surface area contributed by atoms with Gasteiger partial charge in [-0.2, -0.15) is 0 Å². The van der Waals surface area contributed by atoms with Crippen molar-refractivity contribution in [3.63, 3.8) is 0 Å². The summed E-state index contributed by atoms with van der Waals surface area (Å²) in [7, 11) is 0. The van der Waals surface area contributed by atoms with Crippen molar-refractivity contribution in [2.75, 3.05) is 0 Å². The Bertz CT molecular complexity index is 483. The molecule has 0 amide bonds. The van der Waals surface area contributed by atoms with Crippen molar-refractivity contribution >= 4 is 5.97 Å². The quantitative estimate of drug-likeness (QED) is 0.352. The van der Waals surface area contributed by atoms with Crippen molar-refractivity contribution in [1.29, 1.82) is 0 Å². The van der Waals surface area contributed by atoms with Crippen molar-refractivity contribution in [2.24, 2.45) is 11.0 Å². The summed E-state index contributed by atoms with van der Waals surface area (Å²) < 4.78 is 5.28. The molecule has 1 aliphatic rings. The van der Waals surface area contributed by atoms with E-state index in [0.29, 0.717) is 13.0 Å². The Balaban J connectivity index is 1.75. The van der Waals surface area contributed by atoms with Crippen LogP contribution in [-0.2, 0) is 16.1 Å². The molecule has 1 aliphatic carbocycles. The van der Waals surface area contributed by atoms with E-state index < -0.39 is 0 Å². The Morgan fingerprint density at radius 2 is 2.15 bits per heavy atom. The van der Waals surface area contributed by atoms with Crippen molar-refractivity contribution in [2.45, 2.75) is 44.8 Å². The van der Waals surface area contributed by atoms with Gasteiger partial charge in [-0.3, -0.25) is 4.79 Å². The van der Waals surface area contributed by atoms with Crippen LogP contribution >= 0.6 is 0 Å². The molecule has 1 fully saturated rings. The molecule has 106 valence electrons. The number of azide groups is 1. The van der Waals surface area contributed by atoms with Gasteiger partial charge >= 0.3 is 5.97 Å². The lowest BCUT2D eigenvalue weighted by atomic mass is 9.84. The van der Waals surface area contributed by atoms with Crippen LogP contribution in [0, 0.1) is 5.92 Å². The molecule has 0 heterocycles. The normalized spacial score (nSPS) is 21.8. The molecule has 0 radical (unpaired) electrons. The molecule has 0 saturated heterocycles. The molecule has 2 atom stereocenters. The van der Waals surface area contributed by atoms with Gasteiger partial charge in [0.1, 0.15) is 6.61 Å². The number of rotatable bonds is 5. The standard InChI is InChI=1S/C15H19N3O2/c16-18-17-14-8-4-7-13(9-14)10-15(19)20-11-12-5-2-1-3-6-12/h1-3,5-6,13-14H,4,7-11H2/t13-,14+/m1/s1. The summed E-state index contributed by atoms with van der Waals surface area (Å²) in [6.07, 6.45) is 4.17. The third kappa shape index (κ3) is 4.59. The van der Waals surface area contributed by atoms with Crippen molar-refractivity contribution in [3.8, 4) is 0 Å². The zero-order valence-electron chi connectivity index (χ0n) is 11.4. The summed E-state index contributed by atoms with van der Waals surface area (Å²) in [5, 5.41) is 3.76. The average Bonchev–Trinajstić information content (AvgIpc) is 2.47. The highest BCUT2D eigenvalue weighted by Gasteiger charge is 2.23. The van der Waals surface area contributed by atoms with Crippen molar-refractivity contribution in [1.82, 2.24) is 0 Å². The minimum absolute atomic E-state index is 0.0423. The Labute approximate surface area is 118 Å². The molecule has 1 saturated carbocycles. The average molecular weight is 273 g/mol. The first-order valence-electron chi connectivity index (χ1n) is 7.01. The number of carbonyl (C=O) groups excluding carboxylic acids is 1. The lowest BCUT2D eigenvalue weighted by Gasteiger charge is -2.25. The molecule has 1 aromatic rings. The molecule has 0 spiro atoms. The van der Waals surface area contributed by atoms with Gasteiger partial charge in [0.05, 0.1) is 0 Å². The summed E-state index contributed by atoms with van der Waals surface area (Å²) in [6.45, 7) is 0.326. The van der Waals surface area contributed by atoms with Gasteiger partial charge in [0.2, 0.25) is 0 Å². The fourth-order valence-electron chi connectivity index (χ4n) is 2.66. The van der Waals surface area contributed by atoms with E-state index in [1.807, 2.05) is 30.3 Å². The molecule has 0 aromatic heterocycles. The predicted octanol–water partition coefficient (Wildman–Crippen LogP) is 3.99. The number of ether oxygens (including phenoxy) is 1. The molecule has 5 nitrogen and oxygen atoms in total. The van der Waals surface area contributed by atoms with E-state index in [1.165, 1.54) is 0 Å². The van der Waals surface area contributed by atoms with E-state index in [9.17, 15) is 4.79 Å².